The van der Waals surface area contributed by atoms with Crippen LogP contribution in [0.2, 0.25) is 0 Å². The van der Waals surface area contributed by atoms with Gasteiger partial charge >= 0.3 is 0 Å². The summed E-state index contributed by atoms with van der Waals surface area (Å²) in [5.74, 6) is -0.499. The lowest BCUT2D eigenvalue weighted by molar-refractivity contribution is -0.131. The summed E-state index contributed by atoms with van der Waals surface area (Å²) in [7, 11) is 0. The number of aromatic nitrogens is 1. The fourth-order valence-electron chi connectivity index (χ4n) is 2.86. The molecule has 3 amide bonds. The zero-order valence-electron chi connectivity index (χ0n) is 11.1. The average molecular weight is 293 g/mol. The van der Waals surface area contributed by atoms with E-state index in [1.807, 2.05) is 12.3 Å². The van der Waals surface area contributed by atoms with Crippen LogP contribution < -0.4 is 5.32 Å². The summed E-state index contributed by atoms with van der Waals surface area (Å²) >= 11 is 1.52. The lowest BCUT2D eigenvalue weighted by atomic mass is 9.85. The first kappa shape index (κ1) is 13.2. The predicted octanol–water partition coefficient (Wildman–Crippen LogP) is 0.259. The third kappa shape index (κ3) is 2.22. The molecule has 0 bridgehead atoms. The van der Waals surface area contributed by atoms with Gasteiger partial charge < -0.3 is 4.90 Å². The van der Waals surface area contributed by atoms with Crippen LogP contribution in [0.5, 0.6) is 0 Å². The molecule has 1 aromatic heterocycles. The Kier molecular flexibility index (Phi) is 3.08. The number of thiazole rings is 1. The number of amides is 3. The molecule has 7 heteroatoms. The van der Waals surface area contributed by atoms with E-state index in [4.69, 9.17) is 0 Å². The smallest absolute Gasteiger partial charge is 0.235 e. The molecule has 0 radical (unpaired) electrons. The quantitative estimate of drug-likeness (QED) is 0.793. The van der Waals surface area contributed by atoms with Crippen molar-refractivity contribution in [3.63, 3.8) is 0 Å². The van der Waals surface area contributed by atoms with E-state index >= 15 is 0 Å². The van der Waals surface area contributed by atoms with Crippen LogP contribution in [0.25, 0.3) is 0 Å². The number of carbonyl (C=O) groups excluding carboxylic acids is 3. The minimum atomic E-state index is -0.690. The summed E-state index contributed by atoms with van der Waals surface area (Å²) in [6.45, 7) is 2.77. The summed E-state index contributed by atoms with van der Waals surface area (Å²) in [5, 5.41) is 5.15. The standard InChI is InChI=1S/C13H15N3O3S/c1-8-14-9(6-20-8)4-11(18)16-3-2-13(7-16)5-10(17)15-12(13)19/h6H,2-5,7H2,1H3,(H,15,17,19)/t13-/m0/s1. The molecule has 1 aromatic rings. The number of nitrogens with zero attached hydrogens (tertiary/aromatic N) is 2. The molecule has 0 aromatic carbocycles. The largest absolute Gasteiger partial charge is 0.341 e. The number of rotatable bonds is 2. The Balaban J connectivity index is 1.66. The second-order valence-corrected chi connectivity index (χ2v) is 6.50. The second kappa shape index (κ2) is 4.66. The SMILES string of the molecule is Cc1nc(CC(=O)N2CC[C@]3(CC(=O)NC3=O)C2)cs1. The molecular weight excluding hydrogens is 278 g/mol. The van der Waals surface area contributed by atoms with Crippen LogP contribution >= 0.6 is 11.3 Å². The zero-order valence-corrected chi connectivity index (χ0v) is 12.0. The van der Waals surface area contributed by atoms with Gasteiger partial charge in [-0.05, 0) is 13.3 Å². The highest BCUT2D eigenvalue weighted by Crippen LogP contribution is 2.37. The Bertz CT molecular complexity index is 597. The van der Waals surface area contributed by atoms with Gasteiger partial charge in [0.1, 0.15) is 0 Å². The van der Waals surface area contributed by atoms with Crippen molar-refractivity contribution >= 4 is 29.1 Å². The molecule has 2 fully saturated rings. The van der Waals surface area contributed by atoms with Gasteiger partial charge in [0.25, 0.3) is 0 Å². The zero-order chi connectivity index (χ0) is 14.3. The molecule has 3 heterocycles. The van der Waals surface area contributed by atoms with Gasteiger partial charge in [0.15, 0.2) is 0 Å². The molecule has 3 rings (SSSR count). The summed E-state index contributed by atoms with van der Waals surface area (Å²) in [4.78, 5) is 41.4. The first-order chi connectivity index (χ1) is 9.48. The van der Waals surface area contributed by atoms with Crippen LogP contribution in [0.15, 0.2) is 5.38 Å². The molecule has 0 aliphatic carbocycles. The maximum atomic E-state index is 12.2. The number of aryl methyl sites for hydroxylation is 1. The van der Waals surface area contributed by atoms with Gasteiger partial charge in [-0.15, -0.1) is 11.3 Å². The molecule has 1 N–H and O–H groups in total. The highest BCUT2D eigenvalue weighted by atomic mass is 32.1. The predicted molar refractivity (Wildman–Crippen MR) is 72.0 cm³/mol. The van der Waals surface area contributed by atoms with Crippen molar-refractivity contribution in [1.82, 2.24) is 15.2 Å². The summed E-state index contributed by atoms with van der Waals surface area (Å²) in [6.07, 6.45) is 1.02. The Hall–Kier alpha value is -1.76. The van der Waals surface area contributed by atoms with Gasteiger partial charge in [0.05, 0.1) is 22.5 Å². The third-order valence-corrected chi connectivity index (χ3v) is 4.76. The molecule has 20 heavy (non-hydrogen) atoms. The number of carbonyl (C=O) groups is 3. The van der Waals surface area contributed by atoms with E-state index in [1.54, 1.807) is 4.90 Å². The molecule has 0 saturated carbocycles. The minimum Gasteiger partial charge on any atom is -0.341 e. The molecule has 1 spiro atoms. The van der Waals surface area contributed by atoms with E-state index < -0.39 is 5.41 Å². The van der Waals surface area contributed by atoms with Gasteiger partial charge in [-0.3, -0.25) is 19.7 Å². The first-order valence-corrected chi connectivity index (χ1v) is 7.40. The Morgan fingerprint density at radius 2 is 2.35 bits per heavy atom. The van der Waals surface area contributed by atoms with E-state index in [0.29, 0.717) is 19.5 Å². The van der Waals surface area contributed by atoms with Crippen molar-refractivity contribution < 1.29 is 14.4 Å². The van der Waals surface area contributed by atoms with Crippen LogP contribution in [-0.2, 0) is 20.8 Å². The van der Waals surface area contributed by atoms with Crippen molar-refractivity contribution in [2.45, 2.75) is 26.2 Å². The topological polar surface area (TPSA) is 79.4 Å². The van der Waals surface area contributed by atoms with Crippen LogP contribution in [0.3, 0.4) is 0 Å². The summed E-state index contributed by atoms with van der Waals surface area (Å²) in [5.41, 5.74) is 0.0791. The lowest BCUT2D eigenvalue weighted by Crippen LogP contribution is -2.37. The maximum Gasteiger partial charge on any atom is 0.235 e. The van der Waals surface area contributed by atoms with Crippen molar-refractivity contribution in [2.24, 2.45) is 5.41 Å². The maximum absolute atomic E-state index is 12.2. The number of hydrogen-bond donors (Lipinski definition) is 1. The number of likely N-dealkylation sites (tertiary alicyclic amines) is 1. The Labute approximate surface area is 120 Å². The van der Waals surface area contributed by atoms with Crippen molar-refractivity contribution in [1.29, 1.82) is 0 Å². The van der Waals surface area contributed by atoms with Crippen LogP contribution in [0.4, 0.5) is 0 Å². The fraction of sp³-hybridized carbons (Fsp3) is 0.538. The number of nitrogens with one attached hydrogen (secondary N) is 1. The lowest BCUT2D eigenvalue weighted by Gasteiger charge is -2.20. The van der Waals surface area contributed by atoms with Crippen molar-refractivity contribution in [2.75, 3.05) is 13.1 Å². The molecular formula is C13H15N3O3S. The number of imide groups is 1. The van der Waals surface area contributed by atoms with E-state index in [0.717, 1.165) is 10.7 Å². The molecule has 2 aliphatic rings. The van der Waals surface area contributed by atoms with Crippen molar-refractivity contribution in [3.05, 3.63) is 16.1 Å². The number of hydrogen-bond acceptors (Lipinski definition) is 5. The molecule has 0 unspecified atom stereocenters. The highest BCUT2D eigenvalue weighted by molar-refractivity contribution is 7.09. The second-order valence-electron chi connectivity index (χ2n) is 5.43. The summed E-state index contributed by atoms with van der Waals surface area (Å²) < 4.78 is 0. The van der Waals surface area contributed by atoms with E-state index in [1.165, 1.54) is 11.3 Å². The fourth-order valence-corrected chi connectivity index (χ4v) is 3.47. The Morgan fingerprint density at radius 1 is 1.55 bits per heavy atom. The van der Waals surface area contributed by atoms with Crippen LogP contribution in [-0.4, -0.2) is 40.7 Å². The molecule has 2 saturated heterocycles. The Morgan fingerprint density at radius 3 is 2.95 bits per heavy atom. The van der Waals surface area contributed by atoms with E-state index in [2.05, 4.69) is 10.3 Å². The van der Waals surface area contributed by atoms with Gasteiger partial charge in [-0.1, -0.05) is 0 Å². The summed E-state index contributed by atoms with van der Waals surface area (Å²) in [6, 6.07) is 0. The third-order valence-electron chi connectivity index (χ3n) is 3.94. The van der Waals surface area contributed by atoms with E-state index in [9.17, 15) is 14.4 Å². The van der Waals surface area contributed by atoms with Gasteiger partial charge in [0, 0.05) is 24.9 Å². The van der Waals surface area contributed by atoms with Crippen LogP contribution in [0, 0.1) is 12.3 Å². The average Bonchev–Trinajstić information content (AvgIpc) is 3.03. The molecule has 106 valence electrons. The van der Waals surface area contributed by atoms with Gasteiger partial charge in [-0.2, -0.15) is 0 Å². The van der Waals surface area contributed by atoms with Crippen molar-refractivity contribution in [3.8, 4) is 0 Å². The normalized spacial score (nSPS) is 25.6. The first-order valence-electron chi connectivity index (χ1n) is 6.52. The minimum absolute atomic E-state index is 0.0284. The monoisotopic (exact) mass is 293 g/mol. The van der Waals surface area contributed by atoms with Gasteiger partial charge in [0.2, 0.25) is 17.7 Å². The van der Waals surface area contributed by atoms with Gasteiger partial charge in [-0.25, -0.2) is 4.98 Å². The highest BCUT2D eigenvalue weighted by Gasteiger charge is 2.51. The van der Waals surface area contributed by atoms with Crippen LogP contribution in [0.1, 0.15) is 23.5 Å². The van der Waals surface area contributed by atoms with E-state index in [-0.39, 0.29) is 30.6 Å². The molecule has 6 nitrogen and oxygen atoms in total. The molecule has 1 atom stereocenters. The molecule has 2 aliphatic heterocycles.